The van der Waals surface area contributed by atoms with Gasteiger partial charge in [-0.1, -0.05) is 0 Å². The average molecular weight is 472 g/mol. The largest absolute Gasteiger partial charge is 0.451 e. The van der Waals surface area contributed by atoms with Crippen molar-refractivity contribution < 1.29 is 43.0 Å². The maximum Gasteiger partial charge on any atom is 0.329 e. The van der Waals surface area contributed by atoms with Gasteiger partial charge in [0.2, 0.25) is 0 Å². The number of carbonyl (C=O) groups is 6. The van der Waals surface area contributed by atoms with Crippen LogP contribution in [0.2, 0.25) is 0 Å². The van der Waals surface area contributed by atoms with Crippen molar-refractivity contribution in [1.29, 1.82) is 0 Å². The van der Waals surface area contributed by atoms with Crippen LogP contribution in [0.15, 0.2) is 0 Å². The highest BCUT2D eigenvalue weighted by Gasteiger charge is 2.36. The number of likely N-dealkylation sites (N-methyl/N-ethyl adjacent to an activating group) is 3. The minimum absolute atomic E-state index is 0.679. The zero-order valence-corrected chi connectivity index (χ0v) is 20.5. The van der Waals surface area contributed by atoms with Gasteiger partial charge in [0.05, 0.1) is 0 Å². The topological polar surface area (TPSA) is 140 Å². The number of hydrogen-bond acceptors (Lipinski definition) is 9. The number of carbonyl (C=O) groups excluding carboxylic acids is 6. The smallest absolute Gasteiger partial charge is 0.329 e. The van der Waals surface area contributed by atoms with Crippen molar-refractivity contribution in [2.75, 3.05) is 21.1 Å². The van der Waals surface area contributed by atoms with Gasteiger partial charge in [-0.15, -0.1) is 0 Å². The molecule has 1 heterocycles. The summed E-state index contributed by atoms with van der Waals surface area (Å²) in [6, 6.07) is -3.28. The van der Waals surface area contributed by atoms with E-state index in [-0.39, 0.29) is 0 Å². The van der Waals surface area contributed by atoms with Crippen molar-refractivity contribution in [1.82, 2.24) is 14.7 Å². The molecule has 0 N–H and O–H groups in total. The van der Waals surface area contributed by atoms with E-state index in [2.05, 4.69) is 0 Å². The van der Waals surface area contributed by atoms with E-state index in [1.165, 1.54) is 62.7 Å². The Balaban J connectivity index is 3.29. The molecule has 0 unspecified atom stereocenters. The molecular formula is C21H33N3O9. The summed E-state index contributed by atoms with van der Waals surface area (Å²) in [4.78, 5) is 78.5. The summed E-state index contributed by atoms with van der Waals surface area (Å²) in [5.74, 6) is -4.61. The van der Waals surface area contributed by atoms with E-state index in [4.69, 9.17) is 14.2 Å². The van der Waals surface area contributed by atoms with Gasteiger partial charge in [0.25, 0.3) is 17.7 Å². The lowest BCUT2D eigenvalue weighted by Gasteiger charge is -2.31. The third-order valence-electron chi connectivity index (χ3n) is 5.73. The second kappa shape index (κ2) is 11.1. The lowest BCUT2D eigenvalue weighted by molar-refractivity contribution is -0.174. The van der Waals surface area contributed by atoms with Gasteiger partial charge in [0.15, 0.2) is 18.3 Å². The molecule has 0 aliphatic carbocycles. The molecule has 0 aromatic carbocycles. The summed E-state index contributed by atoms with van der Waals surface area (Å²) >= 11 is 0. The van der Waals surface area contributed by atoms with Gasteiger partial charge in [-0.05, 0) is 41.5 Å². The van der Waals surface area contributed by atoms with Gasteiger partial charge >= 0.3 is 17.9 Å². The van der Waals surface area contributed by atoms with E-state index < -0.39 is 72.1 Å². The Morgan fingerprint density at radius 3 is 0.818 bits per heavy atom. The molecule has 0 radical (unpaired) electrons. The fourth-order valence-electron chi connectivity index (χ4n) is 2.88. The maximum absolute atomic E-state index is 12.6. The van der Waals surface area contributed by atoms with E-state index in [0.717, 1.165) is 14.7 Å². The minimum atomic E-state index is -1.26. The normalized spacial score (nSPS) is 32.1. The van der Waals surface area contributed by atoms with Crippen molar-refractivity contribution >= 4 is 35.6 Å². The Morgan fingerprint density at radius 2 is 0.636 bits per heavy atom. The molecule has 0 spiro atoms. The molecule has 1 saturated heterocycles. The molecule has 3 amide bonds. The molecule has 1 aliphatic heterocycles. The first-order valence-corrected chi connectivity index (χ1v) is 10.5. The zero-order valence-electron chi connectivity index (χ0n) is 20.5. The van der Waals surface area contributed by atoms with Gasteiger partial charge in [0.1, 0.15) is 18.1 Å². The molecular weight excluding hydrogens is 438 g/mol. The van der Waals surface area contributed by atoms with Crippen LogP contribution in [0.25, 0.3) is 0 Å². The Bertz CT molecular complexity index is 710. The van der Waals surface area contributed by atoms with E-state index >= 15 is 0 Å². The predicted octanol–water partition coefficient (Wildman–Crippen LogP) is -0.664. The van der Waals surface area contributed by atoms with Crippen molar-refractivity contribution in [3.8, 4) is 0 Å². The summed E-state index contributed by atoms with van der Waals surface area (Å²) in [7, 11) is 3.98. The van der Waals surface area contributed by atoms with E-state index in [1.54, 1.807) is 0 Å². The highest BCUT2D eigenvalue weighted by molar-refractivity contribution is 5.93. The van der Waals surface area contributed by atoms with Gasteiger partial charge < -0.3 is 28.9 Å². The average Bonchev–Trinajstić information content (AvgIpc) is 2.78. The first kappa shape index (κ1) is 27.9. The van der Waals surface area contributed by atoms with Crippen LogP contribution < -0.4 is 0 Å². The van der Waals surface area contributed by atoms with E-state index in [0.29, 0.717) is 0 Å². The summed E-state index contributed by atoms with van der Waals surface area (Å²) in [5, 5.41) is 0. The number of nitrogens with zero attached hydrogens (tertiary/aromatic N) is 3. The third kappa shape index (κ3) is 6.42. The van der Waals surface area contributed by atoms with Gasteiger partial charge in [0, 0.05) is 21.1 Å². The fourth-order valence-corrected chi connectivity index (χ4v) is 2.88. The third-order valence-corrected chi connectivity index (χ3v) is 5.73. The second-order valence-electron chi connectivity index (χ2n) is 8.11. The molecule has 33 heavy (non-hydrogen) atoms. The highest BCUT2D eigenvalue weighted by Crippen LogP contribution is 2.13. The monoisotopic (exact) mass is 471 g/mol. The van der Waals surface area contributed by atoms with Crippen LogP contribution in [0.5, 0.6) is 0 Å². The highest BCUT2D eigenvalue weighted by atomic mass is 16.6. The van der Waals surface area contributed by atoms with Gasteiger partial charge in [-0.2, -0.15) is 0 Å². The Labute approximate surface area is 193 Å². The van der Waals surface area contributed by atoms with Crippen molar-refractivity contribution in [3.05, 3.63) is 0 Å². The summed E-state index contributed by atoms with van der Waals surface area (Å²) < 4.78 is 15.5. The van der Waals surface area contributed by atoms with Crippen molar-refractivity contribution in [2.24, 2.45) is 0 Å². The number of amides is 3. The molecule has 0 saturated carbocycles. The SMILES string of the molecule is C[C@H]1OC(=O)[C@H](C)N(C)C(=O)[C@@H](C)OC(=O)[C@H](C)N(C)C(=O)[C@@H](C)OC(=O)[C@H](C)N(C)C1=O. The number of esters is 3. The molecule has 1 fully saturated rings. The lowest BCUT2D eigenvalue weighted by atomic mass is 10.2. The summed E-state index contributed by atoms with van der Waals surface area (Å²) in [6.45, 7) is 8.16. The van der Waals surface area contributed by atoms with Crippen molar-refractivity contribution in [3.63, 3.8) is 0 Å². The van der Waals surface area contributed by atoms with Crippen molar-refractivity contribution in [2.45, 2.75) is 78.0 Å². The fraction of sp³-hybridized carbons (Fsp3) is 0.714. The first-order chi connectivity index (χ1) is 15.1. The maximum atomic E-state index is 12.6. The summed E-state index contributed by atoms with van der Waals surface area (Å²) in [6.07, 6.45) is -3.78. The van der Waals surface area contributed by atoms with Crippen LogP contribution in [0.1, 0.15) is 41.5 Å². The lowest BCUT2D eigenvalue weighted by Crippen LogP contribution is -2.52. The number of ether oxygens (including phenoxy) is 3. The molecule has 1 aliphatic rings. The molecule has 0 aromatic rings. The zero-order chi connectivity index (χ0) is 25.8. The van der Waals surface area contributed by atoms with E-state index in [9.17, 15) is 28.8 Å². The minimum Gasteiger partial charge on any atom is -0.451 e. The molecule has 12 heteroatoms. The number of rotatable bonds is 0. The summed E-state index contributed by atoms with van der Waals surface area (Å²) in [5.41, 5.74) is 0. The molecule has 0 bridgehead atoms. The van der Waals surface area contributed by atoms with Crippen LogP contribution >= 0.6 is 0 Å². The Kier molecular flexibility index (Phi) is 9.37. The molecule has 12 nitrogen and oxygen atoms in total. The number of hydrogen-bond donors (Lipinski definition) is 0. The standard InChI is InChI=1S/C21H33N3O9/c1-10-19(28)31-14(5)17(26)23(8)12(3)21(30)33-15(6)18(27)24(9)11(2)20(29)32-13(4)16(25)22(10)7/h10-15H,1-9H3/t10-,11-,12-,13+,14+,15+/m0/s1. The molecule has 6 atom stereocenters. The molecule has 0 aromatic heterocycles. The van der Waals surface area contributed by atoms with E-state index in [1.807, 2.05) is 0 Å². The molecule has 186 valence electrons. The Hall–Kier alpha value is -3.18. The van der Waals surface area contributed by atoms with Crippen LogP contribution in [-0.4, -0.2) is 108 Å². The van der Waals surface area contributed by atoms with Gasteiger partial charge in [-0.3, -0.25) is 14.4 Å². The van der Waals surface area contributed by atoms with Gasteiger partial charge in [-0.25, -0.2) is 14.4 Å². The second-order valence-corrected chi connectivity index (χ2v) is 8.11. The predicted molar refractivity (Wildman–Crippen MR) is 113 cm³/mol. The number of cyclic esters (lactones) is 3. The Morgan fingerprint density at radius 1 is 0.455 bits per heavy atom. The quantitative estimate of drug-likeness (QED) is 0.332. The van der Waals surface area contributed by atoms with Crippen LogP contribution in [0, 0.1) is 0 Å². The first-order valence-electron chi connectivity index (χ1n) is 10.5. The van der Waals surface area contributed by atoms with Crippen LogP contribution in [-0.2, 0) is 43.0 Å². The molecule has 1 rings (SSSR count). The van der Waals surface area contributed by atoms with Crippen LogP contribution in [0.3, 0.4) is 0 Å². The van der Waals surface area contributed by atoms with Crippen LogP contribution in [0.4, 0.5) is 0 Å².